The third kappa shape index (κ3) is 4.93. The van der Waals surface area contributed by atoms with Gasteiger partial charge in [0.15, 0.2) is 0 Å². The van der Waals surface area contributed by atoms with Gasteiger partial charge in [-0.3, -0.25) is 10.3 Å². The zero-order valence-electron chi connectivity index (χ0n) is 13.8. The van der Waals surface area contributed by atoms with Gasteiger partial charge in [0, 0.05) is 6.54 Å². The van der Waals surface area contributed by atoms with Crippen molar-refractivity contribution >= 4 is 11.9 Å². The van der Waals surface area contributed by atoms with Crippen LogP contribution in [-0.2, 0) is 6.54 Å². The number of anilines is 1. The maximum Gasteiger partial charge on any atom is 0.0561 e. The lowest BCUT2D eigenvalue weighted by molar-refractivity contribution is 0.185. The summed E-state index contributed by atoms with van der Waals surface area (Å²) in [5.74, 6) is 0.891. The molecule has 1 heterocycles. The fraction of sp³-hybridized carbons (Fsp3) is 0.350. The third-order valence-electron chi connectivity index (χ3n) is 4.44. The average Bonchev–Trinajstić information content (AvgIpc) is 2.59. The number of rotatable bonds is 5. The second kappa shape index (κ2) is 7.93. The predicted octanol–water partition coefficient (Wildman–Crippen LogP) is 4.36. The second-order valence-corrected chi connectivity index (χ2v) is 6.44. The Kier molecular flexibility index (Phi) is 5.43. The van der Waals surface area contributed by atoms with Crippen molar-refractivity contribution in [3.8, 4) is 0 Å². The van der Waals surface area contributed by atoms with Gasteiger partial charge >= 0.3 is 0 Å². The Morgan fingerprint density at radius 2 is 1.74 bits per heavy atom. The first-order chi connectivity index (χ1) is 11.3. The molecular formula is C20H25N3. The predicted molar refractivity (Wildman–Crippen MR) is 97.8 cm³/mol. The molecule has 0 spiro atoms. The van der Waals surface area contributed by atoms with Crippen LogP contribution >= 0.6 is 0 Å². The first-order valence-corrected chi connectivity index (χ1v) is 8.45. The number of hydrogen-bond donors (Lipinski definition) is 1. The Hall–Kier alpha value is -2.13. The van der Waals surface area contributed by atoms with E-state index < -0.39 is 0 Å². The number of hydrazone groups is 1. The molecule has 3 heteroatoms. The largest absolute Gasteiger partial charge is 0.299 e. The van der Waals surface area contributed by atoms with Crippen LogP contribution in [0.15, 0.2) is 59.7 Å². The highest BCUT2D eigenvalue weighted by molar-refractivity contribution is 5.80. The molecule has 0 aliphatic carbocycles. The number of nitrogens with one attached hydrogen (secondary N) is 1. The minimum atomic E-state index is 0.891. The summed E-state index contributed by atoms with van der Waals surface area (Å²) in [4.78, 5) is 2.56. The molecule has 0 bridgehead atoms. The zero-order valence-corrected chi connectivity index (χ0v) is 13.8. The van der Waals surface area contributed by atoms with Crippen molar-refractivity contribution in [2.45, 2.75) is 26.3 Å². The number of likely N-dealkylation sites (tertiary alicyclic amines) is 1. The summed E-state index contributed by atoms with van der Waals surface area (Å²) >= 11 is 0. The molecule has 0 unspecified atom stereocenters. The van der Waals surface area contributed by atoms with Crippen molar-refractivity contribution in [3.05, 3.63) is 65.7 Å². The van der Waals surface area contributed by atoms with Crippen LogP contribution in [0, 0.1) is 5.92 Å². The van der Waals surface area contributed by atoms with E-state index in [9.17, 15) is 0 Å². The molecule has 0 saturated carbocycles. The summed E-state index contributed by atoms with van der Waals surface area (Å²) in [6.45, 7) is 5.87. The van der Waals surface area contributed by atoms with Crippen LogP contribution in [0.2, 0.25) is 0 Å². The van der Waals surface area contributed by atoms with E-state index in [1.807, 2.05) is 36.5 Å². The van der Waals surface area contributed by atoms with Crippen molar-refractivity contribution in [2.24, 2.45) is 11.0 Å². The second-order valence-electron chi connectivity index (χ2n) is 6.44. The van der Waals surface area contributed by atoms with Crippen molar-refractivity contribution in [1.82, 2.24) is 4.90 Å². The van der Waals surface area contributed by atoms with Crippen LogP contribution in [0.3, 0.4) is 0 Å². The van der Waals surface area contributed by atoms with Gasteiger partial charge in [-0.2, -0.15) is 5.10 Å². The Labute approximate surface area is 139 Å². The summed E-state index contributed by atoms with van der Waals surface area (Å²) in [5.41, 5.74) is 6.54. The molecule has 120 valence electrons. The van der Waals surface area contributed by atoms with Gasteiger partial charge in [0.25, 0.3) is 0 Å². The van der Waals surface area contributed by atoms with Gasteiger partial charge in [0.2, 0.25) is 0 Å². The monoisotopic (exact) mass is 307 g/mol. The van der Waals surface area contributed by atoms with Crippen molar-refractivity contribution in [1.29, 1.82) is 0 Å². The van der Waals surface area contributed by atoms with E-state index >= 15 is 0 Å². The lowest BCUT2D eigenvalue weighted by atomic mass is 9.99. The fourth-order valence-electron chi connectivity index (χ4n) is 2.88. The molecule has 1 aliphatic heterocycles. The number of piperidine rings is 1. The molecule has 1 aliphatic rings. The maximum absolute atomic E-state index is 4.28. The molecule has 1 N–H and O–H groups in total. The van der Waals surface area contributed by atoms with Gasteiger partial charge in [0.1, 0.15) is 0 Å². The van der Waals surface area contributed by atoms with E-state index in [2.05, 4.69) is 46.6 Å². The highest BCUT2D eigenvalue weighted by Gasteiger charge is 2.15. The number of benzene rings is 2. The van der Waals surface area contributed by atoms with Gasteiger partial charge in [-0.15, -0.1) is 0 Å². The molecule has 0 atom stereocenters. The van der Waals surface area contributed by atoms with E-state index in [0.717, 1.165) is 23.7 Å². The summed E-state index contributed by atoms with van der Waals surface area (Å²) in [5, 5.41) is 4.28. The Morgan fingerprint density at radius 3 is 2.43 bits per heavy atom. The van der Waals surface area contributed by atoms with Gasteiger partial charge in [-0.1, -0.05) is 49.4 Å². The molecule has 2 aromatic rings. The van der Waals surface area contributed by atoms with E-state index in [1.54, 1.807) is 0 Å². The minimum absolute atomic E-state index is 0.891. The fourth-order valence-corrected chi connectivity index (χ4v) is 2.88. The SMILES string of the molecule is CC1CCN(Cc2ccc(C=NNc3ccccc3)cc2)CC1. The first kappa shape index (κ1) is 15.8. The lowest BCUT2D eigenvalue weighted by Gasteiger charge is -2.30. The summed E-state index contributed by atoms with van der Waals surface area (Å²) < 4.78 is 0. The Balaban J connectivity index is 1.50. The standard InChI is InChI=1S/C20H25N3/c1-17-11-13-23(14-12-17)16-19-9-7-18(8-10-19)15-21-22-20-5-3-2-4-6-20/h2-10,15,17,22H,11-14,16H2,1H3. The molecule has 2 aromatic carbocycles. The highest BCUT2D eigenvalue weighted by Crippen LogP contribution is 2.18. The zero-order chi connectivity index (χ0) is 15.9. The minimum Gasteiger partial charge on any atom is -0.299 e. The molecule has 0 aromatic heterocycles. The van der Waals surface area contributed by atoms with E-state index in [1.165, 1.54) is 31.5 Å². The Bertz CT molecular complexity index is 611. The molecular weight excluding hydrogens is 282 g/mol. The van der Waals surface area contributed by atoms with Gasteiger partial charge in [0.05, 0.1) is 11.9 Å². The van der Waals surface area contributed by atoms with Crippen LogP contribution in [0.4, 0.5) is 5.69 Å². The summed E-state index contributed by atoms with van der Waals surface area (Å²) in [6, 6.07) is 18.7. The number of hydrogen-bond acceptors (Lipinski definition) is 3. The molecule has 1 fully saturated rings. The van der Waals surface area contributed by atoms with Crippen LogP contribution < -0.4 is 5.43 Å². The number of para-hydroxylation sites is 1. The van der Waals surface area contributed by atoms with Crippen molar-refractivity contribution in [2.75, 3.05) is 18.5 Å². The van der Waals surface area contributed by atoms with Crippen LogP contribution in [-0.4, -0.2) is 24.2 Å². The van der Waals surface area contributed by atoms with E-state index in [-0.39, 0.29) is 0 Å². The van der Waals surface area contributed by atoms with Crippen molar-refractivity contribution in [3.63, 3.8) is 0 Å². The van der Waals surface area contributed by atoms with Gasteiger partial charge < -0.3 is 0 Å². The smallest absolute Gasteiger partial charge is 0.0561 e. The average molecular weight is 307 g/mol. The summed E-state index contributed by atoms with van der Waals surface area (Å²) in [6.07, 6.45) is 4.52. The van der Waals surface area contributed by atoms with Crippen LogP contribution in [0.5, 0.6) is 0 Å². The lowest BCUT2D eigenvalue weighted by Crippen LogP contribution is -2.32. The van der Waals surface area contributed by atoms with Crippen LogP contribution in [0.1, 0.15) is 30.9 Å². The maximum atomic E-state index is 4.28. The molecule has 23 heavy (non-hydrogen) atoms. The molecule has 1 saturated heterocycles. The Morgan fingerprint density at radius 1 is 1.04 bits per heavy atom. The molecule has 3 nitrogen and oxygen atoms in total. The molecule has 0 amide bonds. The van der Waals surface area contributed by atoms with E-state index in [4.69, 9.17) is 0 Å². The quantitative estimate of drug-likeness (QED) is 0.656. The van der Waals surface area contributed by atoms with Gasteiger partial charge in [-0.25, -0.2) is 0 Å². The van der Waals surface area contributed by atoms with Gasteiger partial charge in [-0.05, 0) is 55.1 Å². The first-order valence-electron chi connectivity index (χ1n) is 8.45. The topological polar surface area (TPSA) is 27.6 Å². The van der Waals surface area contributed by atoms with Crippen LogP contribution in [0.25, 0.3) is 0 Å². The molecule has 3 rings (SSSR count). The summed E-state index contributed by atoms with van der Waals surface area (Å²) in [7, 11) is 0. The highest BCUT2D eigenvalue weighted by atomic mass is 15.3. The van der Waals surface area contributed by atoms with E-state index in [0.29, 0.717) is 0 Å². The normalized spacial score (nSPS) is 16.7. The van der Waals surface area contributed by atoms with Crippen molar-refractivity contribution < 1.29 is 0 Å². The number of nitrogens with zero attached hydrogens (tertiary/aromatic N) is 2. The third-order valence-corrected chi connectivity index (χ3v) is 4.44. The molecule has 0 radical (unpaired) electrons.